The van der Waals surface area contributed by atoms with Gasteiger partial charge in [-0.05, 0) is 31.0 Å². The van der Waals surface area contributed by atoms with Gasteiger partial charge in [0.2, 0.25) is 0 Å². The maximum Gasteiger partial charge on any atom is 0.251 e. The molecule has 18 heavy (non-hydrogen) atoms. The molecule has 0 bridgehead atoms. The van der Waals surface area contributed by atoms with Crippen LogP contribution in [-0.2, 0) is 4.74 Å². The molecule has 0 atom stereocenters. The van der Waals surface area contributed by atoms with Crippen LogP contribution in [0.3, 0.4) is 0 Å². The molecule has 1 aromatic rings. The Morgan fingerprint density at radius 1 is 1.44 bits per heavy atom. The van der Waals surface area contributed by atoms with Crippen LogP contribution >= 0.6 is 15.9 Å². The second kappa shape index (κ2) is 8.24. The Hall–Kier alpha value is -0.910. The molecular formula is C13H18BrNO3. The largest absolute Gasteiger partial charge is 0.394 e. The molecule has 0 fully saturated rings. The van der Waals surface area contributed by atoms with E-state index in [4.69, 9.17) is 9.84 Å². The SMILES string of the molecule is Cc1ccc(Br)cc1C(=O)NCCCOCCO. The first-order chi connectivity index (χ1) is 8.65. The lowest BCUT2D eigenvalue weighted by Crippen LogP contribution is -2.26. The predicted octanol–water partition coefficient (Wildman–Crippen LogP) is 1.89. The maximum absolute atomic E-state index is 11.9. The van der Waals surface area contributed by atoms with Gasteiger partial charge in [-0.15, -0.1) is 0 Å². The highest BCUT2D eigenvalue weighted by Gasteiger charge is 2.08. The number of benzene rings is 1. The van der Waals surface area contributed by atoms with Crippen LogP contribution in [-0.4, -0.2) is 37.4 Å². The summed E-state index contributed by atoms with van der Waals surface area (Å²) in [6, 6.07) is 5.63. The molecule has 0 radical (unpaired) electrons. The van der Waals surface area contributed by atoms with Gasteiger partial charge in [-0.1, -0.05) is 22.0 Å². The zero-order valence-corrected chi connectivity index (χ0v) is 12.0. The van der Waals surface area contributed by atoms with Crippen molar-refractivity contribution < 1.29 is 14.6 Å². The van der Waals surface area contributed by atoms with Crippen LogP contribution in [0.2, 0.25) is 0 Å². The van der Waals surface area contributed by atoms with Gasteiger partial charge in [0.05, 0.1) is 13.2 Å². The second-order valence-electron chi connectivity index (χ2n) is 3.90. The molecule has 100 valence electrons. The van der Waals surface area contributed by atoms with E-state index < -0.39 is 0 Å². The first kappa shape index (κ1) is 15.1. The Morgan fingerprint density at radius 3 is 2.94 bits per heavy atom. The molecule has 5 heteroatoms. The molecule has 4 nitrogen and oxygen atoms in total. The van der Waals surface area contributed by atoms with Crippen LogP contribution in [0.25, 0.3) is 0 Å². The van der Waals surface area contributed by atoms with Gasteiger partial charge in [0, 0.05) is 23.2 Å². The van der Waals surface area contributed by atoms with Crippen molar-refractivity contribution in [2.45, 2.75) is 13.3 Å². The summed E-state index contributed by atoms with van der Waals surface area (Å²) in [7, 11) is 0. The zero-order valence-electron chi connectivity index (χ0n) is 10.4. The number of halogens is 1. The van der Waals surface area contributed by atoms with Crippen molar-refractivity contribution >= 4 is 21.8 Å². The summed E-state index contributed by atoms with van der Waals surface area (Å²) < 4.78 is 6.00. The Labute approximate surface area is 115 Å². The van der Waals surface area contributed by atoms with Gasteiger partial charge in [0.1, 0.15) is 0 Å². The van der Waals surface area contributed by atoms with E-state index in [0.29, 0.717) is 25.3 Å². The standard InChI is InChI=1S/C13H18BrNO3/c1-10-3-4-11(14)9-12(10)13(17)15-5-2-7-18-8-6-16/h3-4,9,16H,2,5-8H2,1H3,(H,15,17). The third-order valence-electron chi connectivity index (χ3n) is 2.43. The molecule has 0 aliphatic rings. The van der Waals surface area contributed by atoms with Crippen LogP contribution in [0.5, 0.6) is 0 Å². The minimum Gasteiger partial charge on any atom is -0.394 e. The molecule has 2 N–H and O–H groups in total. The van der Waals surface area contributed by atoms with E-state index in [1.807, 2.05) is 25.1 Å². The van der Waals surface area contributed by atoms with Gasteiger partial charge >= 0.3 is 0 Å². The number of amides is 1. The van der Waals surface area contributed by atoms with Gasteiger partial charge < -0.3 is 15.2 Å². The van der Waals surface area contributed by atoms with Crippen LogP contribution in [0.4, 0.5) is 0 Å². The number of aryl methyl sites for hydroxylation is 1. The topological polar surface area (TPSA) is 58.6 Å². The van der Waals surface area contributed by atoms with Crippen molar-refractivity contribution in [2.75, 3.05) is 26.4 Å². The summed E-state index contributed by atoms with van der Waals surface area (Å²) >= 11 is 3.35. The van der Waals surface area contributed by atoms with E-state index in [0.717, 1.165) is 16.5 Å². The number of aliphatic hydroxyl groups is 1. The molecule has 0 heterocycles. The molecule has 0 aliphatic heterocycles. The fourth-order valence-corrected chi connectivity index (χ4v) is 1.84. The third-order valence-corrected chi connectivity index (χ3v) is 2.92. The molecule has 0 aliphatic carbocycles. The number of nitrogens with one attached hydrogen (secondary N) is 1. The molecular weight excluding hydrogens is 298 g/mol. The molecule has 1 amide bonds. The van der Waals surface area contributed by atoms with Crippen molar-refractivity contribution in [3.63, 3.8) is 0 Å². The lowest BCUT2D eigenvalue weighted by atomic mass is 10.1. The average molecular weight is 316 g/mol. The first-order valence-electron chi connectivity index (χ1n) is 5.88. The molecule has 1 aromatic carbocycles. The highest BCUT2D eigenvalue weighted by atomic mass is 79.9. The Morgan fingerprint density at radius 2 is 2.22 bits per heavy atom. The number of carbonyl (C=O) groups is 1. The fraction of sp³-hybridized carbons (Fsp3) is 0.462. The maximum atomic E-state index is 11.9. The Kier molecular flexibility index (Phi) is 6.93. The van der Waals surface area contributed by atoms with E-state index >= 15 is 0 Å². The second-order valence-corrected chi connectivity index (χ2v) is 4.82. The molecule has 1 rings (SSSR count). The van der Waals surface area contributed by atoms with Crippen molar-refractivity contribution in [1.82, 2.24) is 5.32 Å². The summed E-state index contributed by atoms with van der Waals surface area (Å²) in [5.41, 5.74) is 1.63. The van der Waals surface area contributed by atoms with E-state index in [1.54, 1.807) is 0 Å². The summed E-state index contributed by atoms with van der Waals surface area (Å²) in [4.78, 5) is 11.9. The molecule has 0 aromatic heterocycles. The predicted molar refractivity (Wildman–Crippen MR) is 73.7 cm³/mol. The molecule has 0 saturated heterocycles. The highest BCUT2D eigenvalue weighted by Crippen LogP contribution is 2.15. The van der Waals surface area contributed by atoms with Crippen molar-refractivity contribution in [3.05, 3.63) is 33.8 Å². The quantitative estimate of drug-likeness (QED) is 0.755. The number of hydrogen-bond acceptors (Lipinski definition) is 3. The van der Waals surface area contributed by atoms with Crippen LogP contribution in [0.15, 0.2) is 22.7 Å². The Bertz CT molecular complexity index is 396. The van der Waals surface area contributed by atoms with Gasteiger partial charge in [-0.2, -0.15) is 0 Å². The highest BCUT2D eigenvalue weighted by molar-refractivity contribution is 9.10. The van der Waals surface area contributed by atoms with Crippen molar-refractivity contribution in [1.29, 1.82) is 0 Å². The number of aliphatic hydroxyl groups excluding tert-OH is 1. The third kappa shape index (κ3) is 5.16. The minimum absolute atomic E-state index is 0.0313. The lowest BCUT2D eigenvalue weighted by molar-refractivity contribution is 0.0867. The van der Waals surface area contributed by atoms with Gasteiger partial charge in [0.15, 0.2) is 0 Å². The van der Waals surface area contributed by atoms with Gasteiger partial charge in [-0.25, -0.2) is 0 Å². The van der Waals surface area contributed by atoms with Crippen molar-refractivity contribution in [3.8, 4) is 0 Å². The lowest BCUT2D eigenvalue weighted by Gasteiger charge is -2.08. The Balaban J connectivity index is 2.34. The smallest absolute Gasteiger partial charge is 0.251 e. The minimum atomic E-state index is -0.0732. The van der Waals surface area contributed by atoms with Crippen LogP contribution in [0, 0.1) is 6.92 Å². The average Bonchev–Trinajstić information content (AvgIpc) is 2.36. The normalized spacial score (nSPS) is 10.4. The van der Waals surface area contributed by atoms with E-state index in [1.165, 1.54) is 0 Å². The molecule has 0 unspecified atom stereocenters. The summed E-state index contributed by atoms with van der Waals surface area (Å²) in [6.07, 6.45) is 0.735. The van der Waals surface area contributed by atoms with Crippen LogP contribution < -0.4 is 5.32 Å². The zero-order chi connectivity index (χ0) is 13.4. The van der Waals surface area contributed by atoms with E-state index in [2.05, 4.69) is 21.2 Å². The molecule has 0 spiro atoms. The first-order valence-corrected chi connectivity index (χ1v) is 6.67. The molecule has 0 saturated carbocycles. The van der Waals surface area contributed by atoms with Gasteiger partial charge in [0.25, 0.3) is 5.91 Å². The monoisotopic (exact) mass is 315 g/mol. The summed E-state index contributed by atoms with van der Waals surface area (Å²) in [5.74, 6) is -0.0732. The number of carbonyl (C=O) groups excluding carboxylic acids is 1. The number of hydrogen-bond donors (Lipinski definition) is 2. The van der Waals surface area contributed by atoms with Gasteiger partial charge in [-0.3, -0.25) is 4.79 Å². The fourth-order valence-electron chi connectivity index (χ4n) is 1.48. The van der Waals surface area contributed by atoms with E-state index in [-0.39, 0.29) is 12.5 Å². The van der Waals surface area contributed by atoms with Crippen molar-refractivity contribution in [2.24, 2.45) is 0 Å². The summed E-state index contributed by atoms with van der Waals surface area (Å²) in [5, 5.41) is 11.4. The van der Waals surface area contributed by atoms with E-state index in [9.17, 15) is 4.79 Å². The summed E-state index contributed by atoms with van der Waals surface area (Å²) in [6.45, 7) is 3.39. The number of rotatable bonds is 7. The number of ether oxygens (including phenoxy) is 1. The van der Waals surface area contributed by atoms with Crippen LogP contribution in [0.1, 0.15) is 22.3 Å².